The van der Waals surface area contributed by atoms with Crippen molar-refractivity contribution < 1.29 is 5.11 Å². The second-order valence-electron chi connectivity index (χ2n) is 1.86. The molecule has 11 heavy (non-hydrogen) atoms. The van der Waals surface area contributed by atoms with Crippen LogP contribution in [0.15, 0.2) is 28.6 Å². The summed E-state index contributed by atoms with van der Waals surface area (Å²) >= 11 is 0. The Labute approximate surface area is 61.6 Å². The Morgan fingerprint density at radius 2 is 1.91 bits per heavy atom. The van der Waals surface area contributed by atoms with Crippen LogP contribution in [-0.2, 0) is 0 Å². The number of hydrogen-bond acceptors (Lipinski definition) is 5. The molecule has 0 unspecified atom stereocenters. The van der Waals surface area contributed by atoms with Crippen LogP contribution in [0.2, 0.25) is 0 Å². The van der Waals surface area contributed by atoms with Crippen LogP contribution in [0.5, 0.6) is 5.75 Å². The predicted molar refractivity (Wildman–Crippen MR) is 39.0 cm³/mol. The number of nitrogens with zero attached hydrogens (tertiary/aromatic N) is 2. The largest absolute Gasteiger partial charge is 0.506 e. The van der Waals surface area contributed by atoms with E-state index in [0.29, 0.717) is 0 Å². The lowest BCUT2D eigenvalue weighted by Crippen LogP contribution is -1.66. The maximum atomic E-state index is 9.94. The van der Waals surface area contributed by atoms with Gasteiger partial charge in [-0.3, -0.25) is 0 Å². The number of phenols is 1. The van der Waals surface area contributed by atoms with Gasteiger partial charge in [-0.1, -0.05) is 0 Å². The van der Waals surface area contributed by atoms with Gasteiger partial charge in [-0.25, -0.2) is 0 Å². The molecule has 0 saturated carbocycles. The molecule has 0 bridgehead atoms. The highest BCUT2D eigenvalue weighted by Gasteiger charge is 2.01. The summed E-state index contributed by atoms with van der Waals surface area (Å²) in [6.07, 6.45) is 0. The van der Waals surface area contributed by atoms with Crippen molar-refractivity contribution in [1.82, 2.24) is 0 Å². The van der Waals surface area contributed by atoms with Crippen molar-refractivity contribution in [3.63, 3.8) is 0 Å². The van der Waals surface area contributed by atoms with Crippen molar-refractivity contribution in [3.8, 4) is 5.75 Å². The number of aromatic hydroxyl groups is 1. The Balaban J connectivity index is 3.22. The number of nitroso groups, excluding NO2 is 2. The monoisotopic (exact) mass is 152 g/mol. The van der Waals surface area contributed by atoms with Crippen molar-refractivity contribution in [2.24, 2.45) is 10.4 Å². The average Bonchev–Trinajstić information content (AvgIpc) is 2.05. The minimum atomic E-state index is -0.257. The lowest BCUT2D eigenvalue weighted by molar-refractivity contribution is 0.477. The van der Waals surface area contributed by atoms with Crippen LogP contribution in [0.3, 0.4) is 0 Å². The molecule has 56 valence electrons. The van der Waals surface area contributed by atoms with Gasteiger partial charge < -0.3 is 5.11 Å². The molecule has 0 aliphatic carbocycles. The number of phenolic OH excluding ortho intramolecular Hbond substituents is 1. The van der Waals surface area contributed by atoms with Crippen molar-refractivity contribution in [3.05, 3.63) is 28.0 Å². The third-order valence-electron chi connectivity index (χ3n) is 1.16. The number of rotatable bonds is 2. The summed E-state index contributed by atoms with van der Waals surface area (Å²) in [5.74, 6) is -0.257. The van der Waals surface area contributed by atoms with E-state index in [1.807, 2.05) is 0 Å². The summed E-state index contributed by atoms with van der Waals surface area (Å²) in [7, 11) is 0. The summed E-state index contributed by atoms with van der Waals surface area (Å²) in [5, 5.41) is 13.9. The molecule has 1 aromatic rings. The van der Waals surface area contributed by atoms with Gasteiger partial charge in [-0.15, -0.1) is 9.81 Å². The van der Waals surface area contributed by atoms with E-state index in [2.05, 4.69) is 10.4 Å². The normalized spacial score (nSPS) is 9.09. The molecule has 0 aliphatic heterocycles. The molecule has 0 atom stereocenters. The first-order valence-corrected chi connectivity index (χ1v) is 2.77. The Bertz CT molecular complexity index is 298. The molecule has 0 radical (unpaired) electrons. The van der Waals surface area contributed by atoms with E-state index in [9.17, 15) is 9.81 Å². The molecule has 1 rings (SSSR count). The second-order valence-corrected chi connectivity index (χ2v) is 1.86. The molecule has 5 nitrogen and oxygen atoms in total. The van der Waals surface area contributed by atoms with Crippen LogP contribution in [0, 0.1) is 9.81 Å². The first kappa shape index (κ1) is 7.33. The molecular formula is C6H4N2O3. The fourth-order valence-electron chi connectivity index (χ4n) is 0.642. The second kappa shape index (κ2) is 2.87. The maximum absolute atomic E-state index is 9.94. The van der Waals surface area contributed by atoms with Crippen LogP contribution < -0.4 is 0 Å². The van der Waals surface area contributed by atoms with E-state index in [-0.39, 0.29) is 17.1 Å². The quantitative estimate of drug-likeness (QED) is 0.659. The van der Waals surface area contributed by atoms with Gasteiger partial charge in [0.25, 0.3) is 0 Å². The molecule has 1 N–H and O–H groups in total. The van der Waals surface area contributed by atoms with Crippen molar-refractivity contribution in [1.29, 1.82) is 0 Å². The Kier molecular flexibility index (Phi) is 1.91. The summed E-state index contributed by atoms with van der Waals surface area (Å²) < 4.78 is 0. The molecule has 1 aromatic carbocycles. The molecular weight excluding hydrogens is 148 g/mol. The highest BCUT2D eigenvalue weighted by molar-refractivity contribution is 5.58. The summed E-state index contributed by atoms with van der Waals surface area (Å²) in [4.78, 5) is 19.9. The fraction of sp³-hybridized carbons (Fsp3) is 0. The zero-order chi connectivity index (χ0) is 8.27. The van der Waals surface area contributed by atoms with E-state index >= 15 is 0 Å². The third-order valence-corrected chi connectivity index (χ3v) is 1.16. The van der Waals surface area contributed by atoms with Gasteiger partial charge in [0.05, 0.1) is 0 Å². The lowest BCUT2D eigenvalue weighted by Gasteiger charge is -1.93. The standard InChI is InChI=1S/C6H4N2O3/c9-6-2-1-4(7-10)3-5(6)8-11/h1-3,9H. The lowest BCUT2D eigenvalue weighted by atomic mass is 10.3. The van der Waals surface area contributed by atoms with Crippen molar-refractivity contribution in [2.75, 3.05) is 0 Å². The zero-order valence-corrected chi connectivity index (χ0v) is 5.39. The summed E-state index contributed by atoms with van der Waals surface area (Å²) in [5.41, 5.74) is -0.112. The highest BCUT2D eigenvalue weighted by atomic mass is 16.3. The molecule has 0 aliphatic rings. The summed E-state index contributed by atoms with van der Waals surface area (Å²) in [6, 6.07) is 3.58. The Morgan fingerprint density at radius 3 is 2.45 bits per heavy atom. The van der Waals surface area contributed by atoms with E-state index in [1.54, 1.807) is 0 Å². The van der Waals surface area contributed by atoms with E-state index in [4.69, 9.17) is 5.11 Å². The first-order valence-electron chi connectivity index (χ1n) is 2.77. The van der Waals surface area contributed by atoms with E-state index < -0.39 is 0 Å². The molecule has 0 amide bonds. The van der Waals surface area contributed by atoms with Gasteiger partial charge in [-0.2, -0.15) is 0 Å². The topological polar surface area (TPSA) is 79.1 Å². The van der Waals surface area contributed by atoms with Gasteiger partial charge in [0.1, 0.15) is 11.4 Å². The molecule has 0 spiro atoms. The van der Waals surface area contributed by atoms with E-state index in [0.717, 1.165) is 6.07 Å². The average molecular weight is 152 g/mol. The Morgan fingerprint density at radius 1 is 1.18 bits per heavy atom. The van der Waals surface area contributed by atoms with Gasteiger partial charge >= 0.3 is 0 Å². The first-order chi connectivity index (χ1) is 5.27. The number of benzene rings is 1. The zero-order valence-electron chi connectivity index (χ0n) is 5.39. The van der Waals surface area contributed by atoms with Crippen LogP contribution >= 0.6 is 0 Å². The van der Waals surface area contributed by atoms with Crippen LogP contribution in [-0.4, -0.2) is 5.11 Å². The summed E-state index contributed by atoms with van der Waals surface area (Å²) in [6.45, 7) is 0. The minimum Gasteiger partial charge on any atom is -0.506 e. The molecule has 0 saturated heterocycles. The molecule has 0 heterocycles. The molecule has 5 heteroatoms. The maximum Gasteiger partial charge on any atom is 0.151 e. The van der Waals surface area contributed by atoms with Crippen molar-refractivity contribution in [2.45, 2.75) is 0 Å². The van der Waals surface area contributed by atoms with Crippen LogP contribution in [0.4, 0.5) is 11.4 Å². The van der Waals surface area contributed by atoms with Crippen LogP contribution in [0.25, 0.3) is 0 Å². The fourth-order valence-corrected chi connectivity index (χ4v) is 0.642. The van der Waals surface area contributed by atoms with Gasteiger partial charge in [-0.05, 0) is 22.5 Å². The smallest absolute Gasteiger partial charge is 0.151 e. The van der Waals surface area contributed by atoms with Gasteiger partial charge in [0, 0.05) is 6.07 Å². The minimum absolute atomic E-state index is 0.0670. The number of hydrogen-bond donors (Lipinski definition) is 1. The van der Waals surface area contributed by atoms with Gasteiger partial charge in [0.15, 0.2) is 5.69 Å². The molecule has 0 fully saturated rings. The van der Waals surface area contributed by atoms with E-state index in [1.165, 1.54) is 12.1 Å². The van der Waals surface area contributed by atoms with Crippen LogP contribution in [0.1, 0.15) is 0 Å². The molecule has 0 aromatic heterocycles. The highest BCUT2D eigenvalue weighted by Crippen LogP contribution is 2.29. The van der Waals surface area contributed by atoms with Crippen molar-refractivity contribution >= 4 is 11.4 Å². The Hall–Kier alpha value is -1.78. The predicted octanol–water partition coefficient (Wildman–Crippen LogP) is 2.19. The SMILES string of the molecule is O=Nc1ccc(O)c(N=O)c1. The van der Waals surface area contributed by atoms with Gasteiger partial charge in [0.2, 0.25) is 0 Å². The third kappa shape index (κ3) is 1.37.